The van der Waals surface area contributed by atoms with Gasteiger partial charge in [0.05, 0.1) is 0 Å². The van der Waals surface area contributed by atoms with Crippen molar-refractivity contribution in [2.45, 2.75) is 20.3 Å². The molecule has 2 nitrogen and oxygen atoms in total. The minimum Gasteiger partial charge on any atom is -0.300 e. The molecule has 0 bridgehead atoms. The van der Waals surface area contributed by atoms with Gasteiger partial charge >= 0.3 is 0 Å². The first-order valence-corrected chi connectivity index (χ1v) is 5.65. The number of carbonyl (C=O) groups is 2. The van der Waals surface area contributed by atoms with Gasteiger partial charge in [-0.3, -0.25) is 4.79 Å². The third kappa shape index (κ3) is 3.62. The van der Waals surface area contributed by atoms with Crippen LogP contribution >= 0.6 is 23.2 Å². The topological polar surface area (TPSA) is 34.1 Å². The Balaban J connectivity index is 2.91. The van der Waals surface area contributed by atoms with E-state index in [4.69, 9.17) is 23.2 Å². The van der Waals surface area contributed by atoms with Crippen molar-refractivity contribution in [2.24, 2.45) is 5.92 Å². The largest absolute Gasteiger partial charge is 0.300 e. The van der Waals surface area contributed by atoms with Crippen LogP contribution in [0.3, 0.4) is 0 Å². The molecule has 0 amide bonds. The summed E-state index contributed by atoms with van der Waals surface area (Å²) in [5.74, 6) is -0.458. The highest BCUT2D eigenvalue weighted by atomic mass is 35.5. The number of rotatable bonds is 4. The number of ketones is 2. The highest BCUT2D eigenvalue weighted by molar-refractivity contribution is 6.35. The first kappa shape index (κ1) is 13.2. The molecule has 0 spiro atoms. The van der Waals surface area contributed by atoms with Gasteiger partial charge < -0.3 is 4.79 Å². The van der Waals surface area contributed by atoms with Crippen molar-refractivity contribution in [3.05, 3.63) is 33.8 Å². The second-order valence-corrected chi connectivity index (χ2v) is 4.70. The number of halogens is 2. The third-order valence-corrected chi connectivity index (χ3v) is 2.62. The maximum atomic E-state index is 11.9. The molecule has 0 aromatic heterocycles. The molecule has 0 aliphatic carbocycles. The van der Waals surface area contributed by atoms with Gasteiger partial charge in [0.15, 0.2) is 5.78 Å². The van der Waals surface area contributed by atoms with Crippen LogP contribution in [0.1, 0.15) is 30.6 Å². The van der Waals surface area contributed by atoms with Crippen LogP contribution in [0.2, 0.25) is 10.0 Å². The zero-order chi connectivity index (χ0) is 12.3. The first-order valence-electron chi connectivity index (χ1n) is 4.90. The van der Waals surface area contributed by atoms with E-state index in [0.717, 1.165) is 0 Å². The molecule has 0 aliphatic heterocycles. The Morgan fingerprint density at radius 1 is 1.19 bits per heavy atom. The summed E-state index contributed by atoms with van der Waals surface area (Å²) in [5.41, 5.74) is 0.450. The maximum absolute atomic E-state index is 11.9. The van der Waals surface area contributed by atoms with Crippen molar-refractivity contribution in [3.8, 4) is 0 Å². The fourth-order valence-electron chi connectivity index (χ4n) is 1.50. The number of benzene rings is 1. The lowest BCUT2D eigenvalue weighted by Gasteiger charge is -2.08. The second-order valence-electron chi connectivity index (χ2n) is 3.83. The summed E-state index contributed by atoms with van der Waals surface area (Å²) in [6.45, 7) is 3.19. The fraction of sp³-hybridized carbons (Fsp3) is 0.333. The maximum Gasteiger partial charge on any atom is 0.166 e. The summed E-state index contributed by atoms with van der Waals surface area (Å²) in [7, 11) is 0. The van der Waals surface area contributed by atoms with Crippen LogP contribution < -0.4 is 0 Å². The molecule has 1 unspecified atom stereocenters. The van der Waals surface area contributed by atoms with Gasteiger partial charge in [-0.25, -0.2) is 0 Å². The normalized spacial score (nSPS) is 12.2. The van der Waals surface area contributed by atoms with Gasteiger partial charge in [-0.15, -0.1) is 0 Å². The Kier molecular flexibility index (Phi) is 4.51. The average Bonchev–Trinajstić information content (AvgIpc) is 2.13. The first-order chi connectivity index (χ1) is 7.40. The summed E-state index contributed by atoms with van der Waals surface area (Å²) in [4.78, 5) is 22.8. The van der Waals surface area contributed by atoms with Crippen LogP contribution in [0.25, 0.3) is 0 Å². The van der Waals surface area contributed by atoms with Crippen LogP contribution in [0.4, 0.5) is 0 Å². The van der Waals surface area contributed by atoms with Gasteiger partial charge in [0.25, 0.3) is 0 Å². The van der Waals surface area contributed by atoms with E-state index in [1.807, 2.05) is 0 Å². The van der Waals surface area contributed by atoms with Crippen LogP contribution in [0, 0.1) is 5.92 Å². The van der Waals surface area contributed by atoms with Gasteiger partial charge in [0, 0.05) is 27.9 Å². The van der Waals surface area contributed by atoms with E-state index in [-0.39, 0.29) is 23.9 Å². The smallest absolute Gasteiger partial charge is 0.166 e. The highest BCUT2D eigenvalue weighted by Gasteiger charge is 2.17. The molecule has 0 N–H and O–H groups in total. The van der Waals surface area contributed by atoms with E-state index in [2.05, 4.69) is 0 Å². The van der Waals surface area contributed by atoms with Crippen molar-refractivity contribution in [1.82, 2.24) is 0 Å². The molecule has 4 heteroatoms. The minimum atomic E-state index is -0.341. The zero-order valence-corrected chi connectivity index (χ0v) is 10.6. The van der Waals surface area contributed by atoms with Gasteiger partial charge in [-0.2, -0.15) is 0 Å². The molecule has 1 aromatic carbocycles. The van der Waals surface area contributed by atoms with Crippen molar-refractivity contribution in [2.75, 3.05) is 0 Å². The molecule has 0 saturated heterocycles. The molecule has 1 rings (SSSR count). The van der Waals surface area contributed by atoms with Gasteiger partial charge in [0.2, 0.25) is 0 Å². The zero-order valence-electron chi connectivity index (χ0n) is 9.09. The van der Waals surface area contributed by atoms with E-state index < -0.39 is 0 Å². The summed E-state index contributed by atoms with van der Waals surface area (Å²) < 4.78 is 0. The highest BCUT2D eigenvalue weighted by Crippen LogP contribution is 2.22. The molecular weight excluding hydrogens is 247 g/mol. The van der Waals surface area contributed by atoms with Crippen molar-refractivity contribution in [3.63, 3.8) is 0 Å². The van der Waals surface area contributed by atoms with Crippen LogP contribution in [-0.2, 0) is 4.79 Å². The monoisotopic (exact) mass is 258 g/mol. The standard InChI is InChI=1S/C12H12Cl2O2/c1-7(3-8(2)15)12(16)9-4-10(13)6-11(14)5-9/h4-7H,3H2,1-2H3. The molecule has 0 aliphatic rings. The number of hydrogen-bond acceptors (Lipinski definition) is 2. The Morgan fingerprint density at radius 2 is 1.69 bits per heavy atom. The van der Waals surface area contributed by atoms with Crippen molar-refractivity contribution >= 4 is 34.8 Å². The van der Waals surface area contributed by atoms with Crippen LogP contribution in [-0.4, -0.2) is 11.6 Å². The minimum absolute atomic E-state index is 0.00558. The fourth-order valence-corrected chi connectivity index (χ4v) is 2.03. The Hall–Kier alpha value is -0.860. The SMILES string of the molecule is CC(=O)CC(C)C(=O)c1cc(Cl)cc(Cl)c1. The molecule has 0 saturated carbocycles. The lowest BCUT2D eigenvalue weighted by molar-refractivity contribution is -0.117. The van der Waals surface area contributed by atoms with Crippen LogP contribution in [0.5, 0.6) is 0 Å². The van der Waals surface area contributed by atoms with Crippen LogP contribution in [0.15, 0.2) is 18.2 Å². The second kappa shape index (κ2) is 5.46. The van der Waals surface area contributed by atoms with Crippen molar-refractivity contribution < 1.29 is 9.59 Å². The number of Topliss-reactive ketones (excluding diaryl/α,β-unsaturated/α-hetero) is 2. The van der Waals surface area contributed by atoms with E-state index in [1.54, 1.807) is 25.1 Å². The Bertz CT molecular complexity index is 407. The predicted molar refractivity (Wildman–Crippen MR) is 65.3 cm³/mol. The molecular formula is C12H12Cl2O2. The summed E-state index contributed by atoms with van der Waals surface area (Å²) >= 11 is 11.6. The Labute approximate surface area is 105 Å². The quantitative estimate of drug-likeness (QED) is 0.771. The lowest BCUT2D eigenvalue weighted by Crippen LogP contribution is -2.14. The van der Waals surface area contributed by atoms with Gasteiger partial charge in [-0.1, -0.05) is 30.1 Å². The number of hydrogen-bond donors (Lipinski definition) is 0. The molecule has 1 atom stereocenters. The predicted octanol–water partition coefficient (Wildman–Crippen LogP) is 3.79. The van der Waals surface area contributed by atoms with Crippen molar-refractivity contribution in [1.29, 1.82) is 0 Å². The summed E-state index contributed by atoms with van der Waals surface area (Å²) in [6.07, 6.45) is 0.239. The summed E-state index contributed by atoms with van der Waals surface area (Å²) in [6, 6.07) is 4.69. The van der Waals surface area contributed by atoms with E-state index >= 15 is 0 Å². The molecule has 86 valence electrons. The van der Waals surface area contributed by atoms with E-state index in [0.29, 0.717) is 15.6 Å². The van der Waals surface area contributed by atoms with E-state index in [9.17, 15) is 9.59 Å². The number of carbonyl (C=O) groups excluding carboxylic acids is 2. The molecule has 1 aromatic rings. The van der Waals surface area contributed by atoms with Gasteiger partial charge in [-0.05, 0) is 25.1 Å². The summed E-state index contributed by atoms with van der Waals surface area (Å²) in [5, 5.41) is 0.844. The Morgan fingerprint density at radius 3 is 2.12 bits per heavy atom. The lowest BCUT2D eigenvalue weighted by atomic mass is 9.95. The average molecular weight is 259 g/mol. The molecule has 0 fully saturated rings. The molecule has 16 heavy (non-hydrogen) atoms. The van der Waals surface area contributed by atoms with E-state index in [1.165, 1.54) is 6.92 Å². The third-order valence-electron chi connectivity index (χ3n) is 2.19. The molecule has 0 heterocycles. The molecule has 0 radical (unpaired) electrons. The van der Waals surface area contributed by atoms with Gasteiger partial charge in [0.1, 0.15) is 5.78 Å².